The van der Waals surface area contributed by atoms with Crippen LogP contribution in [-0.2, 0) is 14.3 Å². The van der Waals surface area contributed by atoms with Crippen LogP contribution in [0.2, 0.25) is 0 Å². The van der Waals surface area contributed by atoms with Crippen molar-refractivity contribution in [1.82, 2.24) is 5.32 Å². The van der Waals surface area contributed by atoms with Crippen molar-refractivity contribution in [3.63, 3.8) is 0 Å². The van der Waals surface area contributed by atoms with E-state index in [-0.39, 0.29) is 18.9 Å². The Morgan fingerprint density at radius 1 is 0.648 bits per heavy atom. The van der Waals surface area contributed by atoms with Crippen molar-refractivity contribution in [2.24, 2.45) is 0 Å². The molecule has 7 N–H and O–H groups in total. The number of allylic oxidation sites excluding steroid dienone is 4. The van der Waals surface area contributed by atoms with Crippen molar-refractivity contribution in [3.05, 3.63) is 24.3 Å². The first-order chi connectivity index (χ1) is 26.3. The second-order valence-electron chi connectivity index (χ2n) is 15.6. The van der Waals surface area contributed by atoms with Crippen molar-refractivity contribution < 1.29 is 44.9 Å². The standard InChI is InChI=1S/C44H83NO9/c1-3-5-7-9-11-13-15-17-18-19-20-21-23-25-27-29-31-33-39(48)45-36(35-53-44-43(52)42(51)41(50)38(34-46)54-44)40(49)37(47)32-30-28-26-24-22-16-14-12-10-8-6-4-2/h11,13,17-18,36-38,40-44,46-47,49-52H,3-10,12,14-16,19-35H2,1-2H3,(H,45,48)/b13-11-,18-17-/t36-,37+,38?,40-,41?,42?,43-,44?/m0/s1. The summed E-state index contributed by atoms with van der Waals surface area (Å²) in [5.41, 5.74) is 0. The molecule has 1 heterocycles. The van der Waals surface area contributed by atoms with E-state index in [0.29, 0.717) is 12.8 Å². The van der Waals surface area contributed by atoms with Gasteiger partial charge in [0.25, 0.3) is 0 Å². The van der Waals surface area contributed by atoms with Crippen molar-refractivity contribution >= 4 is 5.91 Å². The van der Waals surface area contributed by atoms with Crippen molar-refractivity contribution in [2.45, 2.75) is 236 Å². The van der Waals surface area contributed by atoms with Gasteiger partial charge in [-0.25, -0.2) is 0 Å². The zero-order chi connectivity index (χ0) is 39.7. The lowest BCUT2D eigenvalue weighted by atomic mass is 9.98. The van der Waals surface area contributed by atoms with Gasteiger partial charge in [-0.3, -0.25) is 4.79 Å². The van der Waals surface area contributed by atoms with E-state index < -0.39 is 55.6 Å². The first-order valence-corrected chi connectivity index (χ1v) is 22.1. The minimum Gasteiger partial charge on any atom is -0.394 e. The minimum absolute atomic E-state index is 0.267. The molecule has 0 aromatic heterocycles. The molecule has 0 aromatic carbocycles. The van der Waals surface area contributed by atoms with Crippen LogP contribution in [0, 0.1) is 0 Å². The minimum atomic E-state index is -1.61. The zero-order valence-electron chi connectivity index (χ0n) is 34.3. The number of aliphatic hydroxyl groups is 6. The highest BCUT2D eigenvalue weighted by molar-refractivity contribution is 5.76. The van der Waals surface area contributed by atoms with Gasteiger partial charge < -0.3 is 45.4 Å². The Morgan fingerprint density at radius 2 is 1.13 bits per heavy atom. The normalized spacial score (nSPS) is 22.3. The number of rotatable bonds is 36. The van der Waals surface area contributed by atoms with E-state index in [4.69, 9.17) is 9.47 Å². The number of nitrogens with one attached hydrogen (secondary N) is 1. The second-order valence-corrected chi connectivity index (χ2v) is 15.6. The highest BCUT2D eigenvalue weighted by Gasteiger charge is 2.44. The number of amides is 1. The van der Waals surface area contributed by atoms with E-state index in [0.717, 1.165) is 57.8 Å². The third-order valence-corrected chi connectivity index (χ3v) is 10.6. The van der Waals surface area contributed by atoms with Crippen LogP contribution in [0.15, 0.2) is 24.3 Å². The van der Waals surface area contributed by atoms with E-state index in [2.05, 4.69) is 43.5 Å². The van der Waals surface area contributed by atoms with Gasteiger partial charge >= 0.3 is 0 Å². The van der Waals surface area contributed by atoms with Crippen LogP contribution >= 0.6 is 0 Å². The Morgan fingerprint density at radius 3 is 1.69 bits per heavy atom. The van der Waals surface area contributed by atoms with E-state index in [9.17, 15) is 35.4 Å². The molecule has 1 aliphatic heterocycles. The molecule has 0 saturated carbocycles. The van der Waals surface area contributed by atoms with Gasteiger partial charge in [-0.05, 0) is 44.9 Å². The smallest absolute Gasteiger partial charge is 0.220 e. The predicted molar refractivity (Wildman–Crippen MR) is 218 cm³/mol. The van der Waals surface area contributed by atoms with Gasteiger partial charge in [0.15, 0.2) is 6.29 Å². The maximum Gasteiger partial charge on any atom is 0.220 e. The lowest BCUT2D eigenvalue weighted by Crippen LogP contribution is -2.60. The summed E-state index contributed by atoms with van der Waals surface area (Å²) < 4.78 is 11.1. The number of ether oxygens (including phenoxy) is 2. The molecule has 8 atom stereocenters. The summed E-state index contributed by atoms with van der Waals surface area (Å²) in [6.07, 6.45) is 28.9. The van der Waals surface area contributed by atoms with Crippen LogP contribution in [-0.4, -0.2) is 98.7 Å². The van der Waals surface area contributed by atoms with Crippen LogP contribution in [0.5, 0.6) is 0 Å². The molecule has 54 heavy (non-hydrogen) atoms. The van der Waals surface area contributed by atoms with Crippen LogP contribution in [0.25, 0.3) is 0 Å². The van der Waals surface area contributed by atoms with Crippen LogP contribution in [0.4, 0.5) is 0 Å². The molecule has 0 aliphatic carbocycles. The average molecular weight is 770 g/mol. The molecule has 1 saturated heterocycles. The lowest BCUT2D eigenvalue weighted by molar-refractivity contribution is -0.303. The summed E-state index contributed by atoms with van der Waals surface area (Å²) >= 11 is 0. The van der Waals surface area contributed by atoms with Gasteiger partial charge in [-0.15, -0.1) is 0 Å². The summed E-state index contributed by atoms with van der Waals surface area (Å²) in [5.74, 6) is -0.267. The van der Waals surface area contributed by atoms with E-state index in [1.54, 1.807) is 0 Å². The maximum atomic E-state index is 13.0. The predicted octanol–water partition coefficient (Wildman–Crippen LogP) is 7.69. The fourth-order valence-corrected chi connectivity index (χ4v) is 6.99. The summed E-state index contributed by atoms with van der Waals surface area (Å²) in [6, 6.07) is -0.993. The highest BCUT2D eigenvalue weighted by Crippen LogP contribution is 2.23. The summed E-state index contributed by atoms with van der Waals surface area (Å²) in [7, 11) is 0. The number of carbonyl (C=O) groups excluding carboxylic acids is 1. The van der Waals surface area contributed by atoms with Crippen LogP contribution < -0.4 is 5.32 Å². The molecule has 10 heteroatoms. The molecule has 1 aliphatic rings. The van der Waals surface area contributed by atoms with E-state index in [1.165, 1.54) is 96.3 Å². The number of unbranched alkanes of at least 4 members (excludes halogenated alkanes) is 21. The largest absolute Gasteiger partial charge is 0.394 e. The van der Waals surface area contributed by atoms with Crippen molar-refractivity contribution in [1.29, 1.82) is 0 Å². The molecular formula is C44H83NO9. The fourth-order valence-electron chi connectivity index (χ4n) is 6.99. The number of carbonyl (C=O) groups is 1. The number of hydrogen-bond acceptors (Lipinski definition) is 9. The molecule has 4 unspecified atom stereocenters. The third kappa shape index (κ3) is 25.0. The highest BCUT2D eigenvalue weighted by atomic mass is 16.7. The van der Waals surface area contributed by atoms with Crippen molar-refractivity contribution in [2.75, 3.05) is 13.2 Å². The summed E-state index contributed by atoms with van der Waals surface area (Å²) in [5, 5.41) is 65.0. The van der Waals surface area contributed by atoms with Crippen LogP contribution in [0.1, 0.15) is 187 Å². The average Bonchev–Trinajstić information content (AvgIpc) is 3.17. The molecule has 0 bridgehead atoms. The molecule has 0 spiro atoms. The second kappa shape index (κ2) is 34.8. The molecule has 1 fully saturated rings. The topological polar surface area (TPSA) is 169 Å². The zero-order valence-corrected chi connectivity index (χ0v) is 34.3. The Hall–Kier alpha value is -1.37. The lowest BCUT2D eigenvalue weighted by Gasteiger charge is -2.40. The molecule has 0 radical (unpaired) electrons. The molecule has 10 nitrogen and oxygen atoms in total. The van der Waals surface area contributed by atoms with Gasteiger partial charge in [-0.1, -0.05) is 160 Å². The first kappa shape index (κ1) is 50.6. The van der Waals surface area contributed by atoms with Gasteiger partial charge in [0.1, 0.15) is 30.5 Å². The third-order valence-electron chi connectivity index (χ3n) is 10.6. The molecule has 318 valence electrons. The fraction of sp³-hybridized carbons (Fsp3) is 0.886. The Labute approximate surface area is 329 Å². The number of aliphatic hydroxyl groups excluding tert-OH is 6. The summed E-state index contributed by atoms with van der Waals surface area (Å²) in [6.45, 7) is 3.56. The van der Waals surface area contributed by atoms with Crippen molar-refractivity contribution in [3.8, 4) is 0 Å². The molecule has 0 aromatic rings. The number of hydrogen-bond donors (Lipinski definition) is 7. The Kier molecular flexibility index (Phi) is 32.7. The van der Waals surface area contributed by atoms with Gasteiger partial charge in [-0.2, -0.15) is 0 Å². The monoisotopic (exact) mass is 770 g/mol. The quantitative estimate of drug-likeness (QED) is 0.0250. The first-order valence-electron chi connectivity index (χ1n) is 22.1. The Bertz CT molecular complexity index is 916. The SMILES string of the molecule is CCCCC/C=C\C/C=C\CCCCCCCCCC(=O)N[C@@H](COC1OC(CO)C(O)C(O)[C@@H]1O)[C@H](O)[C@H](O)CCCCCCCCCCCCCC. The van der Waals surface area contributed by atoms with Gasteiger partial charge in [0, 0.05) is 6.42 Å². The molecule has 1 amide bonds. The Balaban J connectivity index is 2.42. The molecule has 1 rings (SSSR count). The maximum absolute atomic E-state index is 13.0. The van der Waals surface area contributed by atoms with E-state index in [1.807, 2.05) is 0 Å². The van der Waals surface area contributed by atoms with Crippen LogP contribution in [0.3, 0.4) is 0 Å². The van der Waals surface area contributed by atoms with E-state index >= 15 is 0 Å². The van der Waals surface area contributed by atoms with Gasteiger partial charge in [0.2, 0.25) is 5.91 Å². The summed E-state index contributed by atoms with van der Waals surface area (Å²) in [4.78, 5) is 13.0. The molecular weight excluding hydrogens is 686 g/mol. The van der Waals surface area contributed by atoms with Gasteiger partial charge in [0.05, 0.1) is 25.4 Å².